The molecule has 300 valence electrons. The van der Waals surface area contributed by atoms with Gasteiger partial charge < -0.3 is 29.0 Å². The summed E-state index contributed by atoms with van der Waals surface area (Å²) >= 11 is 0. The van der Waals surface area contributed by atoms with E-state index >= 15 is 0 Å². The predicted octanol–water partition coefficient (Wildman–Crippen LogP) is 6.80. The van der Waals surface area contributed by atoms with E-state index in [2.05, 4.69) is 72.1 Å². The highest BCUT2D eigenvalue weighted by atomic mass is 16.7. The molecule has 1 amide bonds. The number of rotatable bonds is 7. The van der Waals surface area contributed by atoms with Crippen molar-refractivity contribution >= 4 is 6.09 Å². The van der Waals surface area contributed by atoms with Crippen LogP contribution in [0.15, 0.2) is 0 Å². The zero-order valence-electron chi connectivity index (χ0n) is 34.6. The van der Waals surface area contributed by atoms with E-state index in [0.717, 1.165) is 52.0 Å². The highest BCUT2D eigenvalue weighted by Crippen LogP contribution is 2.89. The van der Waals surface area contributed by atoms with Crippen molar-refractivity contribution in [2.24, 2.45) is 56.7 Å². The third-order valence-electron chi connectivity index (χ3n) is 18.7. The number of amides is 1. The summed E-state index contributed by atoms with van der Waals surface area (Å²) in [6, 6.07) is 1.25. The Morgan fingerprint density at radius 2 is 1.62 bits per heavy atom. The number of aliphatic hydroxyl groups excluding tert-OH is 1. The lowest BCUT2D eigenvalue weighted by Crippen LogP contribution is -2.64. The molecule has 9 rings (SSSR count). The molecule has 0 aromatic heterocycles. The minimum Gasteiger partial charge on any atom is -0.443 e. The van der Waals surface area contributed by atoms with Crippen LogP contribution in [0.25, 0.3) is 0 Å². The Morgan fingerprint density at radius 1 is 0.906 bits per heavy atom. The quantitative estimate of drug-likeness (QED) is 0.306. The van der Waals surface area contributed by atoms with Crippen molar-refractivity contribution in [3.63, 3.8) is 0 Å². The second-order valence-corrected chi connectivity index (χ2v) is 21.6. The number of aliphatic hydroxyl groups is 1. The van der Waals surface area contributed by atoms with Crippen LogP contribution < -0.4 is 0 Å². The van der Waals surface area contributed by atoms with Crippen LogP contribution in [0.3, 0.4) is 0 Å². The first-order valence-corrected chi connectivity index (χ1v) is 22.1. The zero-order chi connectivity index (χ0) is 37.5. The normalized spacial score (nSPS) is 49.9. The Kier molecular flexibility index (Phi) is 9.06. The van der Waals surface area contributed by atoms with Crippen LogP contribution in [-0.4, -0.2) is 121 Å². The maximum absolute atomic E-state index is 13.0. The Balaban J connectivity index is 0.907. The molecule has 9 fully saturated rings. The molecule has 53 heavy (non-hydrogen) atoms. The topological polar surface area (TPSA) is 83.9 Å². The average Bonchev–Trinajstić information content (AvgIpc) is 3.68. The van der Waals surface area contributed by atoms with Gasteiger partial charge in [0.25, 0.3) is 0 Å². The van der Waals surface area contributed by atoms with Gasteiger partial charge in [0, 0.05) is 56.8 Å². The number of ether oxygens (including phenoxy) is 4. The first kappa shape index (κ1) is 37.6. The van der Waals surface area contributed by atoms with Crippen LogP contribution in [0, 0.1) is 56.7 Å². The van der Waals surface area contributed by atoms with E-state index in [1.165, 1.54) is 51.6 Å². The molecule has 5 saturated carbocycles. The fraction of sp³-hybridized carbons (Fsp3) is 0.977. The van der Waals surface area contributed by atoms with Gasteiger partial charge in [0.2, 0.25) is 0 Å². The standard InChI is InChI=1S/C44H73N3O6/c1-26(2)36(53-39(49)45-17-10-18-45)30-21-28(5)35-37(51-30)38(48)42(9)32-12-11-31-40(6,7)33(13-14-43(31)25-44(32,43)16-15-41(35,42)8)52-34-24-46(19-20-50-34)29-22-47(23-29)27(3)4/h26-38,48H,10-25H2,1-9H3/t28-,30-,31+,32+,33?,34+,35+,36-,37+,38+,41-,42-,43-,44+/m1/s1. The summed E-state index contributed by atoms with van der Waals surface area (Å²) in [6.07, 6.45) is 9.14. The van der Waals surface area contributed by atoms with Crippen molar-refractivity contribution in [2.45, 2.75) is 169 Å². The number of likely N-dealkylation sites (tertiary alicyclic amines) is 2. The first-order chi connectivity index (χ1) is 25.1. The summed E-state index contributed by atoms with van der Waals surface area (Å²) < 4.78 is 26.6. The number of carbonyl (C=O) groups is 1. The van der Waals surface area contributed by atoms with Gasteiger partial charge in [0.05, 0.1) is 31.0 Å². The van der Waals surface area contributed by atoms with Crippen LogP contribution in [0.1, 0.15) is 120 Å². The maximum Gasteiger partial charge on any atom is 0.410 e. The second-order valence-electron chi connectivity index (χ2n) is 21.6. The van der Waals surface area contributed by atoms with Crippen molar-refractivity contribution < 1.29 is 28.8 Å². The summed E-state index contributed by atoms with van der Waals surface area (Å²) in [6.45, 7) is 27.9. The molecule has 0 aromatic rings. The largest absolute Gasteiger partial charge is 0.443 e. The van der Waals surface area contributed by atoms with Crippen molar-refractivity contribution in [1.29, 1.82) is 0 Å². The van der Waals surface area contributed by atoms with Gasteiger partial charge in [-0.25, -0.2) is 4.79 Å². The third kappa shape index (κ3) is 5.24. The summed E-state index contributed by atoms with van der Waals surface area (Å²) in [4.78, 5) is 20.0. The lowest BCUT2D eigenvalue weighted by Gasteiger charge is -2.64. The molecule has 0 radical (unpaired) electrons. The summed E-state index contributed by atoms with van der Waals surface area (Å²) in [5.74, 6) is 1.99. The number of fused-ring (bicyclic) bond motifs is 4. The molecule has 14 atom stereocenters. The number of nitrogens with zero attached hydrogens (tertiary/aromatic N) is 3. The molecular formula is C44H73N3O6. The predicted molar refractivity (Wildman–Crippen MR) is 204 cm³/mol. The minimum absolute atomic E-state index is 0.0162. The molecule has 2 spiro atoms. The van der Waals surface area contributed by atoms with E-state index in [9.17, 15) is 9.90 Å². The van der Waals surface area contributed by atoms with Gasteiger partial charge in [0.1, 0.15) is 6.10 Å². The van der Waals surface area contributed by atoms with Gasteiger partial charge >= 0.3 is 6.09 Å². The summed E-state index contributed by atoms with van der Waals surface area (Å²) in [5.41, 5.74) is 0.552. The minimum atomic E-state index is -0.514. The third-order valence-corrected chi connectivity index (χ3v) is 18.7. The van der Waals surface area contributed by atoms with Crippen molar-refractivity contribution in [2.75, 3.05) is 45.9 Å². The molecule has 4 heterocycles. The molecule has 1 N–H and O–H groups in total. The smallest absolute Gasteiger partial charge is 0.410 e. The van der Waals surface area contributed by atoms with E-state index in [4.69, 9.17) is 18.9 Å². The van der Waals surface area contributed by atoms with Crippen molar-refractivity contribution in [3.05, 3.63) is 0 Å². The molecular weight excluding hydrogens is 666 g/mol. The number of hydrogen-bond donors (Lipinski definition) is 1. The summed E-state index contributed by atoms with van der Waals surface area (Å²) in [5, 5.41) is 12.8. The van der Waals surface area contributed by atoms with Gasteiger partial charge in [-0.3, -0.25) is 9.80 Å². The average molecular weight is 740 g/mol. The van der Waals surface area contributed by atoms with Gasteiger partial charge in [-0.1, -0.05) is 48.5 Å². The van der Waals surface area contributed by atoms with Crippen LogP contribution in [0.5, 0.6) is 0 Å². The van der Waals surface area contributed by atoms with Gasteiger partial charge in [-0.2, -0.15) is 0 Å². The van der Waals surface area contributed by atoms with E-state index in [-0.39, 0.29) is 59.0 Å². The molecule has 0 aromatic carbocycles. The molecule has 9 aliphatic rings. The van der Waals surface area contributed by atoms with E-state index in [0.29, 0.717) is 46.6 Å². The molecule has 4 aliphatic heterocycles. The number of hydrogen-bond acceptors (Lipinski definition) is 8. The SMILES string of the molecule is CC(C)[C@@H](OC(=O)N1CCC1)[C@H]1C[C@@H](C)[C@H]2[C@H](O1)[C@H](O)[C@@]1(C)[C@@H]3CC[C@H]4C(C)(C)C(O[C@H]5CN(C6CN(C(C)C)C6)CCO5)CC[C@@]45C[C@@]35CC[C@]21C. The van der Waals surface area contributed by atoms with E-state index < -0.39 is 6.10 Å². The fourth-order valence-corrected chi connectivity index (χ4v) is 15.5. The Labute approximate surface area is 320 Å². The number of carbonyl (C=O) groups excluding carboxylic acids is 1. The van der Waals surface area contributed by atoms with Gasteiger partial charge in [-0.15, -0.1) is 0 Å². The van der Waals surface area contributed by atoms with Crippen molar-refractivity contribution in [1.82, 2.24) is 14.7 Å². The maximum atomic E-state index is 13.0. The van der Waals surface area contributed by atoms with Gasteiger partial charge in [0.15, 0.2) is 6.29 Å². The molecule has 5 aliphatic carbocycles. The molecule has 0 bridgehead atoms. The highest BCUT2D eigenvalue weighted by molar-refractivity contribution is 5.68. The van der Waals surface area contributed by atoms with Crippen LogP contribution in [0.2, 0.25) is 0 Å². The lowest BCUT2D eigenvalue weighted by atomic mass is 9.41. The van der Waals surface area contributed by atoms with Crippen LogP contribution in [-0.2, 0) is 18.9 Å². The monoisotopic (exact) mass is 740 g/mol. The first-order valence-electron chi connectivity index (χ1n) is 22.1. The molecule has 1 unspecified atom stereocenters. The Morgan fingerprint density at radius 3 is 2.30 bits per heavy atom. The lowest BCUT2D eigenvalue weighted by molar-refractivity contribution is -0.253. The molecule has 9 nitrogen and oxygen atoms in total. The van der Waals surface area contributed by atoms with E-state index in [1.54, 1.807) is 4.90 Å². The second kappa shape index (κ2) is 12.8. The molecule has 9 heteroatoms. The van der Waals surface area contributed by atoms with E-state index in [1.807, 2.05) is 0 Å². The van der Waals surface area contributed by atoms with Crippen molar-refractivity contribution in [3.8, 4) is 0 Å². The van der Waals surface area contributed by atoms with Crippen LogP contribution in [0.4, 0.5) is 4.79 Å². The number of morpholine rings is 1. The fourth-order valence-electron chi connectivity index (χ4n) is 15.5. The summed E-state index contributed by atoms with van der Waals surface area (Å²) in [7, 11) is 0. The highest BCUT2D eigenvalue weighted by Gasteiger charge is 2.84. The molecule has 4 saturated heterocycles. The van der Waals surface area contributed by atoms with Gasteiger partial charge in [-0.05, 0) is 123 Å². The van der Waals surface area contributed by atoms with Crippen LogP contribution >= 0.6 is 0 Å². The zero-order valence-corrected chi connectivity index (χ0v) is 34.6. The Bertz CT molecular complexity index is 1410. The Hall–Kier alpha value is -0.970.